The minimum absolute atomic E-state index is 0.215. The largest absolute Gasteiger partial charge is 0.367 e. The fourth-order valence-electron chi connectivity index (χ4n) is 2.63. The maximum atomic E-state index is 12.6. The van der Waals surface area contributed by atoms with Crippen LogP contribution in [-0.4, -0.2) is 42.0 Å². The van der Waals surface area contributed by atoms with E-state index < -0.39 is 26.7 Å². The number of aromatic amines is 1. The predicted molar refractivity (Wildman–Crippen MR) is 75.1 cm³/mol. The summed E-state index contributed by atoms with van der Waals surface area (Å²) in [6, 6.07) is 1.21. The lowest BCUT2D eigenvalue weighted by Gasteiger charge is -2.46. The van der Waals surface area contributed by atoms with E-state index in [0.29, 0.717) is 0 Å². The molecule has 1 aromatic rings. The number of hydrogen-bond acceptors (Lipinski definition) is 4. The lowest BCUT2D eigenvalue weighted by molar-refractivity contribution is -0.163. The Bertz CT molecular complexity index is 645. The van der Waals surface area contributed by atoms with Gasteiger partial charge in [-0.1, -0.05) is 0 Å². The molecule has 0 amide bonds. The monoisotopic (exact) mass is 300 g/mol. The first-order valence-corrected chi connectivity index (χ1v) is 7.85. The molecule has 0 bridgehead atoms. The predicted octanol–water partition coefficient (Wildman–Crippen LogP) is 0.953. The molecule has 1 N–H and O–H groups in total. The molecule has 1 aromatic heterocycles. The number of aromatic nitrogens is 1. The molecule has 6 nitrogen and oxygen atoms in total. The summed E-state index contributed by atoms with van der Waals surface area (Å²) in [6.45, 7) is 7.79. The SMILES string of the molecule is CC1(C)CN(S(=O)(=O)c2c[nH]ccc2=O)CC(C)(C)O1. The van der Waals surface area contributed by atoms with E-state index in [2.05, 4.69) is 4.98 Å². The number of nitrogens with one attached hydrogen (secondary N) is 1. The molecule has 0 unspecified atom stereocenters. The third-order valence-electron chi connectivity index (χ3n) is 3.07. The van der Waals surface area contributed by atoms with Gasteiger partial charge in [0.15, 0.2) is 0 Å². The highest BCUT2D eigenvalue weighted by Crippen LogP contribution is 2.30. The Morgan fingerprint density at radius 2 is 1.75 bits per heavy atom. The highest BCUT2D eigenvalue weighted by atomic mass is 32.2. The van der Waals surface area contributed by atoms with E-state index in [-0.39, 0.29) is 18.0 Å². The molecule has 20 heavy (non-hydrogen) atoms. The highest BCUT2D eigenvalue weighted by Gasteiger charge is 2.43. The maximum Gasteiger partial charge on any atom is 0.248 e. The number of hydrogen-bond donors (Lipinski definition) is 1. The second-order valence-electron chi connectivity index (χ2n) is 6.27. The van der Waals surface area contributed by atoms with E-state index in [1.54, 1.807) is 0 Å². The Morgan fingerprint density at radius 1 is 1.20 bits per heavy atom. The first-order chi connectivity index (χ1) is 9.04. The fraction of sp³-hybridized carbons (Fsp3) is 0.615. The van der Waals surface area contributed by atoms with Crippen molar-refractivity contribution in [3.8, 4) is 0 Å². The quantitative estimate of drug-likeness (QED) is 0.882. The first-order valence-electron chi connectivity index (χ1n) is 6.41. The van der Waals surface area contributed by atoms with Crippen LogP contribution in [0.4, 0.5) is 0 Å². The van der Waals surface area contributed by atoms with E-state index in [9.17, 15) is 13.2 Å². The van der Waals surface area contributed by atoms with Crippen molar-refractivity contribution in [3.05, 3.63) is 28.7 Å². The van der Waals surface area contributed by atoms with E-state index in [0.717, 1.165) is 0 Å². The van der Waals surface area contributed by atoms with Crippen LogP contribution in [0.1, 0.15) is 27.7 Å². The zero-order valence-corrected chi connectivity index (χ0v) is 13.0. The summed E-state index contributed by atoms with van der Waals surface area (Å²) in [5, 5.41) is 0. The average Bonchev–Trinajstić information content (AvgIpc) is 2.25. The lowest BCUT2D eigenvalue weighted by atomic mass is 10.0. The molecule has 0 radical (unpaired) electrons. The van der Waals surface area contributed by atoms with Crippen LogP contribution in [0.3, 0.4) is 0 Å². The van der Waals surface area contributed by atoms with Gasteiger partial charge >= 0.3 is 0 Å². The highest BCUT2D eigenvalue weighted by molar-refractivity contribution is 7.89. The summed E-state index contributed by atoms with van der Waals surface area (Å²) in [4.78, 5) is 14.2. The van der Waals surface area contributed by atoms with Gasteiger partial charge in [-0.25, -0.2) is 8.42 Å². The van der Waals surface area contributed by atoms with E-state index in [1.165, 1.54) is 22.8 Å². The smallest absolute Gasteiger partial charge is 0.248 e. The van der Waals surface area contributed by atoms with Gasteiger partial charge in [0, 0.05) is 31.5 Å². The van der Waals surface area contributed by atoms with Crippen LogP contribution in [0.15, 0.2) is 28.2 Å². The molecule has 7 heteroatoms. The topological polar surface area (TPSA) is 79.5 Å². The summed E-state index contributed by atoms with van der Waals surface area (Å²) in [6.07, 6.45) is 2.64. The standard InChI is InChI=1S/C13H20N2O4S/c1-12(2)8-15(9-13(3,4)19-12)20(17,18)11-7-14-6-5-10(11)16/h5-7H,8-9H2,1-4H3,(H,14,16). The van der Waals surface area contributed by atoms with Gasteiger partial charge in [0.1, 0.15) is 4.90 Å². The van der Waals surface area contributed by atoms with Gasteiger partial charge in [0.25, 0.3) is 0 Å². The van der Waals surface area contributed by atoms with Gasteiger partial charge in [-0.3, -0.25) is 4.79 Å². The third-order valence-corrected chi connectivity index (χ3v) is 4.89. The lowest BCUT2D eigenvalue weighted by Crippen LogP contribution is -2.58. The van der Waals surface area contributed by atoms with Gasteiger partial charge in [-0.05, 0) is 27.7 Å². The summed E-state index contributed by atoms with van der Waals surface area (Å²) >= 11 is 0. The van der Waals surface area contributed by atoms with Crippen molar-refractivity contribution in [1.82, 2.24) is 9.29 Å². The van der Waals surface area contributed by atoms with Crippen LogP contribution in [0.25, 0.3) is 0 Å². The minimum atomic E-state index is -3.83. The molecular formula is C13H20N2O4S. The number of rotatable bonds is 2. The summed E-state index contributed by atoms with van der Waals surface area (Å²) in [7, 11) is -3.83. The van der Waals surface area contributed by atoms with Crippen LogP contribution in [0, 0.1) is 0 Å². The molecule has 2 heterocycles. The first kappa shape index (κ1) is 15.2. The van der Waals surface area contributed by atoms with E-state index >= 15 is 0 Å². The van der Waals surface area contributed by atoms with Crippen molar-refractivity contribution in [3.63, 3.8) is 0 Å². The molecule has 112 valence electrons. The number of ether oxygens (including phenoxy) is 1. The Kier molecular flexibility index (Phi) is 3.56. The van der Waals surface area contributed by atoms with Gasteiger partial charge in [0.2, 0.25) is 15.5 Å². The van der Waals surface area contributed by atoms with E-state index in [1.807, 2.05) is 27.7 Å². The summed E-state index contributed by atoms with van der Waals surface area (Å²) in [5.74, 6) is 0. The van der Waals surface area contributed by atoms with Crippen LogP contribution in [0.5, 0.6) is 0 Å². The average molecular weight is 300 g/mol. The Hall–Kier alpha value is -1.18. The normalized spacial score (nSPS) is 22.6. The number of H-pyrrole nitrogens is 1. The minimum Gasteiger partial charge on any atom is -0.367 e. The molecule has 1 aliphatic heterocycles. The molecule has 0 saturated carbocycles. The second-order valence-corrected chi connectivity index (χ2v) is 8.17. The third kappa shape index (κ3) is 2.94. The number of sulfonamides is 1. The summed E-state index contributed by atoms with van der Waals surface area (Å²) < 4.78 is 32.4. The van der Waals surface area contributed by atoms with Crippen LogP contribution in [-0.2, 0) is 14.8 Å². The molecule has 1 fully saturated rings. The molecule has 0 atom stereocenters. The van der Waals surface area contributed by atoms with Crippen molar-refractivity contribution in [2.45, 2.75) is 43.8 Å². The van der Waals surface area contributed by atoms with Crippen LogP contribution in [0.2, 0.25) is 0 Å². The molecule has 0 aliphatic carbocycles. The van der Waals surface area contributed by atoms with Crippen LogP contribution >= 0.6 is 0 Å². The van der Waals surface area contributed by atoms with Crippen LogP contribution < -0.4 is 5.43 Å². The number of pyridine rings is 1. The van der Waals surface area contributed by atoms with Crippen molar-refractivity contribution >= 4 is 10.0 Å². The van der Waals surface area contributed by atoms with Gasteiger partial charge in [0.05, 0.1) is 11.2 Å². The number of nitrogens with zero attached hydrogens (tertiary/aromatic N) is 1. The molecule has 2 rings (SSSR count). The van der Waals surface area contributed by atoms with Crippen molar-refractivity contribution in [1.29, 1.82) is 0 Å². The molecule has 1 saturated heterocycles. The van der Waals surface area contributed by atoms with Gasteiger partial charge in [-0.15, -0.1) is 0 Å². The van der Waals surface area contributed by atoms with Crippen molar-refractivity contribution < 1.29 is 13.2 Å². The number of morpholine rings is 1. The van der Waals surface area contributed by atoms with Crippen molar-refractivity contribution in [2.75, 3.05) is 13.1 Å². The Morgan fingerprint density at radius 3 is 2.25 bits per heavy atom. The van der Waals surface area contributed by atoms with Gasteiger partial charge < -0.3 is 9.72 Å². The molecule has 1 aliphatic rings. The fourth-order valence-corrected chi connectivity index (χ4v) is 4.41. The zero-order chi connectivity index (χ0) is 15.2. The van der Waals surface area contributed by atoms with E-state index in [4.69, 9.17) is 4.74 Å². The molecular weight excluding hydrogens is 280 g/mol. The van der Waals surface area contributed by atoms with Gasteiger partial charge in [-0.2, -0.15) is 4.31 Å². The summed E-state index contributed by atoms with van der Waals surface area (Å²) in [5.41, 5.74) is -1.71. The maximum absolute atomic E-state index is 12.6. The molecule has 0 spiro atoms. The Balaban J connectivity index is 2.45. The molecule has 0 aromatic carbocycles. The zero-order valence-electron chi connectivity index (χ0n) is 12.1. The second kappa shape index (κ2) is 4.68. The van der Waals surface area contributed by atoms with Crippen molar-refractivity contribution in [2.24, 2.45) is 0 Å². The Labute approximate surface area is 118 Å².